The summed E-state index contributed by atoms with van der Waals surface area (Å²) in [4.78, 5) is 14.1. The van der Waals surface area contributed by atoms with Crippen LogP contribution in [0, 0.1) is 11.3 Å². The minimum absolute atomic E-state index is 0.0222. The molecule has 0 spiro atoms. The van der Waals surface area contributed by atoms with Crippen LogP contribution in [0.2, 0.25) is 0 Å². The number of thioether (sulfide) groups is 1. The van der Waals surface area contributed by atoms with E-state index in [0.717, 1.165) is 12.3 Å². The zero-order valence-electron chi connectivity index (χ0n) is 11.7. The smallest absolute Gasteiger partial charge is 0.260 e. The molecule has 0 saturated carbocycles. The fourth-order valence-corrected chi connectivity index (χ4v) is 3.24. The maximum absolute atomic E-state index is 12.2. The van der Waals surface area contributed by atoms with E-state index in [0.29, 0.717) is 16.6 Å². The van der Waals surface area contributed by atoms with Crippen LogP contribution >= 0.6 is 11.8 Å². The van der Waals surface area contributed by atoms with Crippen molar-refractivity contribution in [1.29, 1.82) is 5.26 Å². The molecule has 5 heteroatoms. The van der Waals surface area contributed by atoms with Gasteiger partial charge in [0, 0.05) is 23.6 Å². The van der Waals surface area contributed by atoms with Gasteiger partial charge in [-0.15, -0.1) is 0 Å². The lowest BCUT2D eigenvalue weighted by Gasteiger charge is -2.37. The molecular formula is C15H18N2O2S. The lowest BCUT2D eigenvalue weighted by molar-refractivity contribution is -0.135. The molecule has 2 atom stereocenters. The number of hydrogen-bond donors (Lipinski definition) is 0. The number of ether oxygens (including phenoxy) is 1. The molecule has 0 aliphatic carbocycles. The second kappa shape index (κ2) is 6.67. The van der Waals surface area contributed by atoms with E-state index in [-0.39, 0.29) is 18.6 Å². The van der Waals surface area contributed by atoms with Crippen LogP contribution in [0.4, 0.5) is 0 Å². The quantitative estimate of drug-likeness (QED) is 0.857. The molecule has 2 unspecified atom stereocenters. The van der Waals surface area contributed by atoms with Crippen LogP contribution in [0.15, 0.2) is 24.3 Å². The van der Waals surface area contributed by atoms with E-state index in [9.17, 15) is 4.79 Å². The standard InChI is InChI=1S/C15H18N2O2S/c1-11-12(2)20-8-7-17(11)15(18)10-19-14-5-3-13(9-16)4-6-14/h3-6,11-12H,7-8,10H2,1-2H3. The zero-order valence-corrected chi connectivity index (χ0v) is 12.5. The molecule has 2 rings (SSSR count). The second-order valence-corrected chi connectivity index (χ2v) is 6.31. The maximum Gasteiger partial charge on any atom is 0.260 e. The summed E-state index contributed by atoms with van der Waals surface area (Å²) >= 11 is 1.90. The van der Waals surface area contributed by atoms with Gasteiger partial charge in [-0.05, 0) is 31.2 Å². The van der Waals surface area contributed by atoms with Gasteiger partial charge < -0.3 is 9.64 Å². The summed E-state index contributed by atoms with van der Waals surface area (Å²) in [6, 6.07) is 9.08. The van der Waals surface area contributed by atoms with E-state index >= 15 is 0 Å². The topological polar surface area (TPSA) is 53.3 Å². The molecule has 1 amide bonds. The van der Waals surface area contributed by atoms with Crippen molar-refractivity contribution < 1.29 is 9.53 Å². The summed E-state index contributed by atoms with van der Waals surface area (Å²) in [5.74, 6) is 1.62. The number of hydrogen-bond acceptors (Lipinski definition) is 4. The molecule has 1 aliphatic heterocycles. The van der Waals surface area contributed by atoms with Gasteiger partial charge in [0.2, 0.25) is 0 Å². The number of nitriles is 1. The molecule has 0 aromatic heterocycles. The average molecular weight is 290 g/mol. The Balaban J connectivity index is 1.89. The Bertz CT molecular complexity index is 510. The van der Waals surface area contributed by atoms with Crippen LogP contribution < -0.4 is 4.74 Å². The van der Waals surface area contributed by atoms with Gasteiger partial charge in [-0.25, -0.2) is 0 Å². The molecule has 1 saturated heterocycles. The first-order valence-corrected chi connectivity index (χ1v) is 7.70. The SMILES string of the molecule is CC1SCCN(C(=O)COc2ccc(C#N)cc2)C1C. The Kier molecular flexibility index (Phi) is 4.91. The molecule has 1 fully saturated rings. The number of carbonyl (C=O) groups is 1. The molecule has 4 nitrogen and oxygen atoms in total. The Morgan fingerprint density at radius 1 is 1.45 bits per heavy atom. The molecule has 1 aliphatic rings. The van der Waals surface area contributed by atoms with Crippen LogP contribution in [-0.2, 0) is 4.79 Å². The number of carbonyl (C=O) groups excluding carboxylic acids is 1. The Morgan fingerprint density at radius 3 is 2.80 bits per heavy atom. The first-order valence-electron chi connectivity index (χ1n) is 6.66. The molecule has 1 aromatic carbocycles. The third kappa shape index (κ3) is 3.45. The molecule has 106 valence electrons. The van der Waals surface area contributed by atoms with E-state index in [1.165, 1.54) is 0 Å². The Hall–Kier alpha value is -1.67. The summed E-state index contributed by atoms with van der Waals surface area (Å²) in [5.41, 5.74) is 0.583. The van der Waals surface area contributed by atoms with Crippen LogP contribution in [0.3, 0.4) is 0 Å². The van der Waals surface area contributed by atoms with E-state index in [4.69, 9.17) is 10.00 Å². The van der Waals surface area contributed by atoms with Gasteiger partial charge in [-0.2, -0.15) is 17.0 Å². The third-order valence-corrected chi connectivity index (χ3v) is 4.89. The fraction of sp³-hybridized carbons (Fsp3) is 0.467. The number of amides is 1. The minimum Gasteiger partial charge on any atom is -0.484 e. The highest BCUT2D eigenvalue weighted by molar-refractivity contribution is 8.00. The highest BCUT2D eigenvalue weighted by Crippen LogP contribution is 2.24. The van der Waals surface area contributed by atoms with Gasteiger partial charge in [-0.1, -0.05) is 6.92 Å². The first-order chi connectivity index (χ1) is 9.61. The van der Waals surface area contributed by atoms with Crippen LogP contribution in [0.25, 0.3) is 0 Å². The van der Waals surface area contributed by atoms with E-state index < -0.39 is 0 Å². The average Bonchev–Trinajstić information content (AvgIpc) is 2.48. The summed E-state index contributed by atoms with van der Waals surface area (Å²) in [6.07, 6.45) is 0. The van der Waals surface area contributed by atoms with Crippen molar-refractivity contribution >= 4 is 17.7 Å². The minimum atomic E-state index is 0.0222. The molecule has 20 heavy (non-hydrogen) atoms. The van der Waals surface area contributed by atoms with Crippen molar-refractivity contribution in [3.8, 4) is 11.8 Å². The van der Waals surface area contributed by atoms with Crippen LogP contribution in [-0.4, -0.2) is 41.0 Å². The van der Waals surface area contributed by atoms with Crippen molar-refractivity contribution in [3.63, 3.8) is 0 Å². The summed E-state index contributed by atoms with van der Waals surface area (Å²) < 4.78 is 5.50. The van der Waals surface area contributed by atoms with E-state index in [1.807, 2.05) is 22.7 Å². The normalized spacial score (nSPS) is 22.1. The molecule has 1 heterocycles. The molecule has 0 N–H and O–H groups in total. The molecule has 1 aromatic rings. The van der Waals surface area contributed by atoms with Crippen molar-refractivity contribution in [2.75, 3.05) is 18.9 Å². The Morgan fingerprint density at radius 2 is 2.15 bits per heavy atom. The van der Waals surface area contributed by atoms with Crippen molar-refractivity contribution in [2.24, 2.45) is 0 Å². The molecular weight excluding hydrogens is 272 g/mol. The second-order valence-electron chi connectivity index (χ2n) is 4.83. The number of rotatable bonds is 3. The van der Waals surface area contributed by atoms with E-state index in [1.54, 1.807) is 24.3 Å². The first kappa shape index (κ1) is 14.7. The van der Waals surface area contributed by atoms with Gasteiger partial charge in [0.15, 0.2) is 6.61 Å². The highest BCUT2D eigenvalue weighted by Gasteiger charge is 2.28. The number of benzene rings is 1. The zero-order chi connectivity index (χ0) is 14.5. The lowest BCUT2D eigenvalue weighted by Crippen LogP contribution is -2.49. The summed E-state index contributed by atoms with van der Waals surface area (Å²) in [6.45, 7) is 5.06. The lowest BCUT2D eigenvalue weighted by atomic mass is 10.2. The van der Waals surface area contributed by atoms with Gasteiger partial charge in [0.1, 0.15) is 5.75 Å². The molecule has 0 bridgehead atoms. The predicted molar refractivity (Wildman–Crippen MR) is 79.7 cm³/mol. The predicted octanol–water partition coefficient (Wildman–Crippen LogP) is 2.29. The summed E-state index contributed by atoms with van der Waals surface area (Å²) in [5, 5.41) is 9.18. The third-order valence-electron chi connectivity index (χ3n) is 3.55. The maximum atomic E-state index is 12.2. The monoisotopic (exact) mass is 290 g/mol. The van der Waals surface area contributed by atoms with Crippen molar-refractivity contribution in [1.82, 2.24) is 4.90 Å². The van der Waals surface area contributed by atoms with Crippen LogP contribution in [0.1, 0.15) is 19.4 Å². The van der Waals surface area contributed by atoms with Gasteiger partial charge in [0.05, 0.1) is 11.6 Å². The Labute approximate surface area is 123 Å². The van der Waals surface area contributed by atoms with Gasteiger partial charge in [0.25, 0.3) is 5.91 Å². The van der Waals surface area contributed by atoms with Crippen LogP contribution in [0.5, 0.6) is 5.75 Å². The van der Waals surface area contributed by atoms with Gasteiger partial charge in [-0.3, -0.25) is 4.79 Å². The summed E-state index contributed by atoms with van der Waals surface area (Å²) in [7, 11) is 0. The van der Waals surface area contributed by atoms with E-state index in [2.05, 4.69) is 13.8 Å². The van der Waals surface area contributed by atoms with Crippen molar-refractivity contribution in [3.05, 3.63) is 29.8 Å². The number of nitrogens with zero attached hydrogens (tertiary/aromatic N) is 2. The largest absolute Gasteiger partial charge is 0.484 e. The van der Waals surface area contributed by atoms with Crippen molar-refractivity contribution in [2.45, 2.75) is 25.1 Å². The fourth-order valence-electron chi connectivity index (χ4n) is 2.14. The van der Waals surface area contributed by atoms with Gasteiger partial charge >= 0.3 is 0 Å². The highest BCUT2D eigenvalue weighted by atomic mass is 32.2. The molecule has 0 radical (unpaired) electrons.